The molecule has 0 radical (unpaired) electrons. The van der Waals surface area contributed by atoms with Crippen LogP contribution in [0.5, 0.6) is 11.5 Å². The standard InChI is InChI=1S/C25H28N6O3S/c1-17-15-19(23-27-29-31(4)28-23)16-18(2)22(17)32-14-8-11-21(24-26-12-13-30(24)3)34-25(35)33-20-9-6-5-7-10-20/h5-7,9-10,12-13,15-16,21H,8,11,14H2,1-4H3. The Labute approximate surface area is 209 Å². The normalized spacial score (nSPS) is 11.8. The third-order valence-corrected chi connectivity index (χ3v) is 5.59. The number of ether oxygens (including phenoxy) is 3. The number of thiocarbonyl (C=S) groups is 1. The zero-order valence-corrected chi connectivity index (χ0v) is 21.0. The van der Waals surface area contributed by atoms with Gasteiger partial charge in [-0.1, -0.05) is 18.2 Å². The second-order valence-corrected chi connectivity index (χ2v) is 8.53. The van der Waals surface area contributed by atoms with Crippen LogP contribution >= 0.6 is 12.2 Å². The molecule has 182 valence electrons. The van der Waals surface area contributed by atoms with E-state index in [0.29, 0.717) is 24.6 Å². The van der Waals surface area contributed by atoms with Crippen molar-refractivity contribution < 1.29 is 14.2 Å². The molecule has 2 heterocycles. The van der Waals surface area contributed by atoms with Crippen molar-refractivity contribution in [3.8, 4) is 22.9 Å². The van der Waals surface area contributed by atoms with Crippen LogP contribution in [0.3, 0.4) is 0 Å². The lowest BCUT2D eigenvalue weighted by atomic mass is 10.1. The first-order valence-electron chi connectivity index (χ1n) is 11.3. The van der Waals surface area contributed by atoms with E-state index in [9.17, 15) is 0 Å². The van der Waals surface area contributed by atoms with E-state index in [4.69, 9.17) is 26.4 Å². The summed E-state index contributed by atoms with van der Waals surface area (Å²) >= 11 is 5.34. The number of hydrogen-bond donors (Lipinski definition) is 0. The first-order valence-corrected chi connectivity index (χ1v) is 11.7. The summed E-state index contributed by atoms with van der Waals surface area (Å²) < 4.78 is 19.7. The molecule has 0 bridgehead atoms. The lowest BCUT2D eigenvalue weighted by Crippen LogP contribution is -2.18. The number of imidazole rings is 1. The van der Waals surface area contributed by atoms with Crippen LogP contribution in [0.2, 0.25) is 0 Å². The Bertz CT molecular complexity index is 1260. The van der Waals surface area contributed by atoms with E-state index < -0.39 is 0 Å². The summed E-state index contributed by atoms with van der Waals surface area (Å²) in [5.41, 5.74) is 2.94. The molecule has 9 nitrogen and oxygen atoms in total. The molecule has 2 aromatic carbocycles. The smallest absolute Gasteiger partial charge is 0.358 e. The van der Waals surface area contributed by atoms with Gasteiger partial charge in [0, 0.05) is 37.2 Å². The van der Waals surface area contributed by atoms with Gasteiger partial charge in [0.25, 0.3) is 0 Å². The summed E-state index contributed by atoms with van der Waals surface area (Å²) in [6.07, 6.45) is 4.65. The molecule has 0 fully saturated rings. The first kappa shape index (κ1) is 24.3. The molecule has 4 aromatic rings. The van der Waals surface area contributed by atoms with E-state index in [2.05, 4.69) is 20.4 Å². The summed E-state index contributed by atoms with van der Waals surface area (Å²) in [6.45, 7) is 4.55. The van der Waals surface area contributed by atoms with Gasteiger partial charge in [-0.05, 0) is 67.3 Å². The summed E-state index contributed by atoms with van der Waals surface area (Å²) in [5.74, 6) is 2.85. The maximum Gasteiger partial charge on any atom is 0.358 e. The molecule has 0 aliphatic carbocycles. The second kappa shape index (κ2) is 11.1. The maximum atomic E-state index is 6.15. The minimum atomic E-state index is -0.359. The summed E-state index contributed by atoms with van der Waals surface area (Å²) in [4.78, 5) is 5.89. The quantitative estimate of drug-likeness (QED) is 0.249. The van der Waals surface area contributed by atoms with E-state index in [-0.39, 0.29) is 11.3 Å². The minimum absolute atomic E-state index is 0.0602. The van der Waals surface area contributed by atoms with Crippen LogP contribution < -0.4 is 9.47 Å². The predicted molar refractivity (Wildman–Crippen MR) is 135 cm³/mol. The van der Waals surface area contributed by atoms with Crippen molar-refractivity contribution in [2.75, 3.05) is 6.61 Å². The molecule has 0 saturated heterocycles. The lowest BCUT2D eigenvalue weighted by Gasteiger charge is -2.20. The van der Waals surface area contributed by atoms with Crippen molar-refractivity contribution in [2.45, 2.75) is 32.8 Å². The number of benzene rings is 2. The van der Waals surface area contributed by atoms with Gasteiger partial charge in [-0.25, -0.2) is 4.98 Å². The lowest BCUT2D eigenvalue weighted by molar-refractivity contribution is 0.129. The molecule has 0 aliphatic rings. The summed E-state index contributed by atoms with van der Waals surface area (Å²) in [7, 11) is 3.67. The van der Waals surface area contributed by atoms with Gasteiger partial charge in [0.1, 0.15) is 17.3 Å². The maximum absolute atomic E-state index is 6.15. The second-order valence-electron chi connectivity index (χ2n) is 8.20. The topological polar surface area (TPSA) is 89.1 Å². The number of aromatic nitrogens is 6. The molecule has 0 saturated carbocycles. The monoisotopic (exact) mass is 492 g/mol. The van der Waals surface area contributed by atoms with E-state index in [1.807, 2.05) is 74.1 Å². The van der Waals surface area contributed by atoms with Gasteiger partial charge in [-0.15, -0.1) is 10.2 Å². The van der Waals surface area contributed by atoms with Crippen molar-refractivity contribution in [2.24, 2.45) is 14.1 Å². The van der Waals surface area contributed by atoms with Crippen molar-refractivity contribution in [1.82, 2.24) is 29.8 Å². The van der Waals surface area contributed by atoms with E-state index in [0.717, 1.165) is 34.7 Å². The third kappa shape index (κ3) is 6.21. The number of rotatable bonds is 9. The molecule has 2 aromatic heterocycles. The van der Waals surface area contributed by atoms with Gasteiger partial charge in [0.2, 0.25) is 5.82 Å². The van der Waals surface area contributed by atoms with Crippen LogP contribution in [-0.4, -0.2) is 41.6 Å². The van der Waals surface area contributed by atoms with Gasteiger partial charge < -0.3 is 18.8 Å². The Kier molecular flexibility index (Phi) is 7.71. The highest BCUT2D eigenvalue weighted by molar-refractivity contribution is 7.79. The number of nitrogens with zero attached hydrogens (tertiary/aromatic N) is 6. The van der Waals surface area contributed by atoms with Gasteiger partial charge in [0.15, 0.2) is 6.10 Å². The minimum Gasteiger partial charge on any atom is -0.493 e. The van der Waals surface area contributed by atoms with E-state index in [1.54, 1.807) is 13.2 Å². The average molecular weight is 493 g/mol. The van der Waals surface area contributed by atoms with Crippen LogP contribution in [0.25, 0.3) is 11.4 Å². The largest absolute Gasteiger partial charge is 0.493 e. The molecular weight excluding hydrogens is 464 g/mol. The number of para-hydroxylation sites is 1. The van der Waals surface area contributed by atoms with Crippen molar-refractivity contribution >= 4 is 17.5 Å². The van der Waals surface area contributed by atoms with E-state index >= 15 is 0 Å². The molecule has 35 heavy (non-hydrogen) atoms. The number of tetrazole rings is 1. The average Bonchev–Trinajstić information content (AvgIpc) is 3.46. The van der Waals surface area contributed by atoms with Crippen LogP contribution in [0.15, 0.2) is 54.9 Å². The highest BCUT2D eigenvalue weighted by Crippen LogP contribution is 2.29. The van der Waals surface area contributed by atoms with Crippen LogP contribution in [-0.2, 0) is 18.8 Å². The zero-order chi connectivity index (χ0) is 24.8. The first-order chi connectivity index (χ1) is 16.9. The van der Waals surface area contributed by atoms with E-state index in [1.165, 1.54) is 4.80 Å². The van der Waals surface area contributed by atoms with Gasteiger partial charge in [0.05, 0.1) is 13.7 Å². The molecule has 0 spiro atoms. The zero-order valence-electron chi connectivity index (χ0n) is 20.2. The Morgan fingerprint density at radius 3 is 2.46 bits per heavy atom. The molecule has 0 N–H and O–H groups in total. The van der Waals surface area contributed by atoms with Crippen LogP contribution in [0.1, 0.15) is 35.9 Å². The van der Waals surface area contributed by atoms with Crippen molar-refractivity contribution in [3.05, 3.63) is 71.8 Å². The van der Waals surface area contributed by atoms with Gasteiger partial charge in [-0.2, -0.15) is 4.80 Å². The molecule has 1 unspecified atom stereocenters. The summed E-state index contributed by atoms with van der Waals surface area (Å²) in [6, 6.07) is 13.4. The summed E-state index contributed by atoms with van der Waals surface area (Å²) in [5, 5.41) is 12.3. The van der Waals surface area contributed by atoms with Crippen LogP contribution in [0.4, 0.5) is 0 Å². The molecule has 10 heteroatoms. The molecule has 1 atom stereocenters. The van der Waals surface area contributed by atoms with Crippen molar-refractivity contribution in [3.63, 3.8) is 0 Å². The third-order valence-electron chi connectivity index (χ3n) is 5.41. The Balaban J connectivity index is 1.37. The Hall–Kier alpha value is -3.79. The molecule has 0 amide bonds. The predicted octanol–water partition coefficient (Wildman–Crippen LogP) is 4.51. The number of aryl methyl sites for hydroxylation is 4. The Morgan fingerprint density at radius 1 is 1.09 bits per heavy atom. The SMILES string of the molecule is Cc1cc(-c2nnn(C)n2)cc(C)c1OCCCC(OC(=S)Oc1ccccc1)c1nccn1C. The highest BCUT2D eigenvalue weighted by Gasteiger charge is 2.20. The van der Waals surface area contributed by atoms with Crippen LogP contribution in [0, 0.1) is 13.8 Å². The number of hydrogen-bond acceptors (Lipinski definition) is 8. The fourth-order valence-electron chi connectivity index (χ4n) is 3.80. The van der Waals surface area contributed by atoms with Crippen molar-refractivity contribution in [1.29, 1.82) is 0 Å². The Morgan fingerprint density at radius 2 is 1.83 bits per heavy atom. The molecular formula is C25H28N6O3S. The fourth-order valence-corrected chi connectivity index (χ4v) is 4.02. The van der Waals surface area contributed by atoms with Gasteiger partial charge >= 0.3 is 5.24 Å². The van der Waals surface area contributed by atoms with Gasteiger partial charge in [-0.3, -0.25) is 0 Å². The highest BCUT2D eigenvalue weighted by atomic mass is 32.1. The fraction of sp³-hybridized carbons (Fsp3) is 0.320. The molecule has 4 rings (SSSR count). The molecule has 0 aliphatic heterocycles.